The average molecular weight is 276 g/mol. The standard InChI is InChI=1S/C13H25O4P/c1-11(2)7-6-8-12(3)9-13(14)10-18(15,16-4)17-5/h7,12H,6,8-10H2,1-5H3/t12-/m1/s1. The minimum atomic E-state index is -3.20. The number of ketones is 1. The van der Waals surface area contributed by atoms with Crippen LogP contribution in [0.25, 0.3) is 0 Å². The molecule has 0 spiro atoms. The first-order valence-corrected chi connectivity index (χ1v) is 7.91. The third-order valence-corrected chi connectivity index (χ3v) is 4.57. The fraction of sp³-hybridized carbons (Fsp3) is 0.769. The van der Waals surface area contributed by atoms with Gasteiger partial charge >= 0.3 is 7.60 Å². The van der Waals surface area contributed by atoms with Gasteiger partial charge in [0, 0.05) is 20.6 Å². The highest BCUT2D eigenvalue weighted by molar-refractivity contribution is 7.54. The molecule has 0 bridgehead atoms. The molecule has 0 unspecified atom stereocenters. The summed E-state index contributed by atoms with van der Waals surface area (Å²) < 4.78 is 21.3. The number of carbonyl (C=O) groups excluding carboxylic acids is 1. The van der Waals surface area contributed by atoms with Crippen LogP contribution < -0.4 is 0 Å². The van der Waals surface area contributed by atoms with Crippen LogP contribution in [0.2, 0.25) is 0 Å². The molecule has 0 saturated carbocycles. The van der Waals surface area contributed by atoms with Gasteiger partial charge in [0.15, 0.2) is 0 Å². The average Bonchev–Trinajstić information content (AvgIpc) is 2.28. The van der Waals surface area contributed by atoms with Gasteiger partial charge in [0.25, 0.3) is 0 Å². The van der Waals surface area contributed by atoms with Crippen molar-refractivity contribution in [2.24, 2.45) is 5.92 Å². The molecule has 0 amide bonds. The van der Waals surface area contributed by atoms with Crippen LogP contribution in [0.15, 0.2) is 11.6 Å². The second-order valence-electron chi connectivity index (χ2n) is 4.84. The quantitative estimate of drug-likeness (QED) is 0.474. The van der Waals surface area contributed by atoms with Crippen LogP contribution in [0.3, 0.4) is 0 Å². The molecule has 0 rings (SSSR count). The van der Waals surface area contributed by atoms with Crippen molar-refractivity contribution in [2.45, 2.75) is 40.0 Å². The molecule has 0 aliphatic heterocycles. The Kier molecular flexibility index (Phi) is 8.41. The molecule has 18 heavy (non-hydrogen) atoms. The Balaban J connectivity index is 4.08. The number of hydrogen-bond donors (Lipinski definition) is 0. The summed E-state index contributed by atoms with van der Waals surface area (Å²) in [4.78, 5) is 11.7. The largest absolute Gasteiger partial charge is 0.337 e. The van der Waals surface area contributed by atoms with E-state index in [9.17, 15) is 9.36 Å². The lowest BCUT2D eigenvalue weighted by Crippen LogP contribution is -2.11. The Morgan fingerprint density at radius 1 is 1.28 bits per heavy atom. The van der Waals surface area contributed by atoms with Crippen LogP contribution in [0, 0.1) is 5.92 Å². The zero-order valence-corrected chi connectivity index (χ0v) is 13.0. The summed E-state index contributed by atoms with van der Waals surface area (Å²) in [6.07, 6.45) is 4.39. The molecule has 5 heteroatoms. The maximum absolute atomic E-state index is 11.8. The number of Topliss-reactive ketones (excluding diaryl/α,β-unsaturated/α-hetero) is 1. The predicted octanol–water partition coefficient (Wildman–Crippen LogP) is 3.81. The van der Waals surface area contributed by atoms with Gasteiger partial charge in [-0.1, -0.05) is 18.6 Å². The van der Waals surface area contributed by atoms with E-state index in [0.29, 0.717) is 6.42 Å². The van der Waals surface area contributed by atoms with E-state index < -0.39 is 7.60 Å². The van der Waals surface area contributed by atoms with Crippen molar-refractivity contribution in [2.75, 3.05) is 20.4 Å². The van der Waals surface area contributed by atoms with Crippen molar-refractivity contribution >= 4 is 13.4 Å². The maximum Gasteiger partial charge on any atom is 0.337 e. The van der Waals surface area contributed by atoms with Gasteiger partial charge < -0.3 is 9.05 Å². The molecule has 0 N–H and O–H groups in total. The molecule has 4 nitrogen and oxygen atoms in total. The van der Waals surface area contributed by atoms with Gasteiger partial charge in [0.2, 0.25) is 0 Å². The molecule has 0 aliphatic rings. The lowest BCUT2D eigenvalue weighted by Gasteiger charge is -2.14. The van der Waals surface area contributed by atoms with Crippen LogP contribution in [-0.4, -0.2) is 26.2 Å². The second kappa shape index (κ2) is 8.63. The van der Waals surface area contributed by atoms with Crippen molar-refractivity contribution in [1.82, 2.24) is 0 Å². The third kappa shape index (κ3) is 7.80. The lowest BCUT2D eigenvalue weighted by molar-refractivity contribution is -0.117. The predicted molar refractivity (Wildman–Crippen MR) is 73.9 cm³/mol. The molecule has 0 aliphatic carbocycles. The van der Waals surface area contributed by atoms with Gasteiger partial charge in [0.1, 0.15) is 11.9 Å². The summed E-state index contributed by atoms with van der Waals surface area (Å²) in [7, 11) is -0.594. The molecule has 0 radical (unpaired) electrons. The number of rotatable bonds is 9. The third-order valence-electron chi connectivity index (χ3n) is 2.71. The van der Waals surface area contributed by atoms with E-state index in [1.807, 2.05) is 6.92 Å². The molecule has 0 saturated heterocycles. The number of carbonyl (C=O) groups is 1. The van der Waals surface area contributed by atoms with Gasteiger partial charge in [-0.3, -0.25) is 9.36 Å². The van der Waals surface area contributed by atoms with E-state index >= 15 is 0 Å². The van der Waals surface area contributed by atoms with Crippen molar-refractivity contribution in [3.8, 4) is 0 Å². The number of allylic oxidation sites excluding steroid dienone is 2. The smallest absolute Gasteiger partial charge is 0.312 e. The van der Waals surface area contributed by atoms with Crippen LogP contribution >= 0.6 is 7.60 Å². The van der Waals surface area contributed by atoms with E-state index in [0.717, 1.165) is 12.8 Å². The van der Waals surface area contributed by atoms with E-state index in [1.165, 1.54) is 19.8 Å². The second-order valence-corrected chi connectivity index (χ2v) is 7.11. The summed E-state index contributed by atoms with van der Waals surface area (Å²) in [6.45, 7) is 6.15. The van der Waals surface area contributed by atoms with Crippen molar-refractivity contribution in [3.05, 3.63) is 11.6 Å². The molecule has 0 aromatic heterocycles. The normalized spacial score (nSPS) is 13.2. The van der Waals surface area contributed by atoms with E-state index in [1.54, 1.807) is 0 Å². The van der Waals surface area contributed by atoms with Crippen molar-refractivity contribution < 1.29 is 18.4 Å². The summed E-state index contributed by atoms with van der Waals surface area (Å²) in [5.74, 6) is 0.224. The summed E-state index contributed by atoms with van der Waals surface area (Å²) in [6, 6.07) is 0. The molecule has 1 atom stereocenters. The number of hydrogen-bond acceptors (Lipinski definition) is 4. The maximum atomic E-state index is 11.8. The van der Waals surface area contributed by atoms with E-state index in [-0.39, 0.29) is 17.9 Å². The molecule has 106 valence electrons. The van der Waals surface area contributed by atoms with Gasteiger partial charge in [0.05, 0.1) is 0 Å². The van der Waals surface area contributed by atoms with Gasteiger partial charge in [-0.05, 0) is 32.6 Å². The van der Waals surface area contributed by atoms with Crippen molar-refractivity contribution in [1.29, 1.82) is 0 Å². The van der Waals surface area contributed by atoms with E-state index in [4.69, 9.17) is 9.05 Å². The minimum absolute atomic E-state index is 0.0632. The molecular weight excluding hydrogens is 251 g/mol. The SMILES string of the molecule is COP(=O)(CC(=O)C[C@H](C)CCC=C(C)C)OC. The van der Waals surface area contributed by atoms with Crippen LogP contribution in [0.4, 0.5) is 0 Å². The summed E-state index contributed by atoms with van der Waals surface area (Å²) in [5, 5.41) is 0. The molecular formula is C13H25O4P. The van der Waals surface area contributed by atoms with Gasteiger partial charge in [-0.25, -0.2) is 0 Å². The van der Waals surface area contributed by atoms with Gasteiger partial charge in [-0.15, -0.1) is 0 Å². The zero-order chi connectivity index (χ0) is 14.2. The van der Waals surface area contributed by atoms with Crippen LogP contribution in [0.1, 0.15) is 40.0 Å². The summed E-state index contributed by atoms with van der Waals surface area (Å²) >= 11 is 0. The highest BCUT2D eigenvalue weighted by Gasteiger charge is 2.25. The highest BCUT2D eigenvalue weighted by atomic mass is 31.2. The van der Waals surface area contributed by atoms with Crippen LogP contribution in [0.5, 0.6) is 0 Å². The monoisotopic (exact) mass is 276 g/mol. The Labute approximate surface area is 110 Å². The molecule has 0 aromatic carbocycles. The van der Waals surface area contributed by atoms with Crippen molar-refractivity contribution in [3.63, 3.8) is 0 Å². The Hall–Kier alpha value is -0.440. The van der Waals surface area contributed by atoms with Gasteiger partial charge in [-0.2, -0.15) is 0 Å². The minimum Gasteiger partial charge on any atom is -0.312 e. The first kappa shape index (κ1) is 17.6. The lowest BCUT2D eigenvalue weighted by atomic mass is 9.99. The Bertz CT molecular complexity index is 324. The zero-order valence-electron chi connectivity index (χ0n) is 12.1. The topological polar surface area (TPSA) is 52.6 Å². The Morgan fingerprint density at radius 2 is 1.83 bits per heavy atom. The first-order chi connectivity index (χ1) is 8.33. The summed E-state index contributed by atoms with van der Waals surface area (Å²) in [5.41, 5.74) is 1.29. The first-order valence-electron chi connectivity index (χ1n) is 6.18. The fourth-order valence-electron chi connectivity index (χ4n) is 1.63. The highest BCUT2D eigenvalue weighted by Crippen LogP contribution is 2.46. The molecule has 0 heterocycles. The molecule has 0 aromatic rings. The van der Waals surface area contributed by atoms with E-state index in [2.05, 4.69) is 19.9 Å². The Morgan fingerprint density at radius 3 is 2.28 bits per heavy atom. The molecule has 0 fully saturated rings. The van der Waals surface area contributed by atoms with Crippen LogP contribution in [-0.2, 0) is 18.4 Å². The fourth-order valence-corrected chi connectivity index (χ4v) is 2.60.